The number of benzene rings is 3. The highest BCUT2D eigenvalue weighted by Gasteiger charge is 2.29. The lowest BCUT2D eigenvalue weighted by Gasteiger charge is -2.24. The summed E-state index contributed by atoms with van der Waals surface area (Å²) in [4.78, 5) is 19.0. The summed E-state index contributed by atoms with van der Waals surface area (Å²) in [6.45, 7) is 2.63. The summed E-state index contributed by atoms with van der Waals surface area (Å²) in [6.07, 6.45) is 1.85. The number of oxazole rings is 1. The van der Waals surface area contributed by atoms with Crippen molar-refractivity contribution in [2.45, 2.75) is 32.4 Å². The normalized spacial score (nSPS) is 14.6. The maximum absolute atomic E-state index is 11.8. The third-order valence-electron chi connectivity index (χ3n) is 6.52. The average molecular weight is 483 g/mol. The van der Waals surface area contributed by atoms with Gasteiger partial charge in [-0.05, 0) is 44.0 Å². The molecule has 1 atom stereocenters. The molecule has 5 rings (SSSR count). The summed E-state index contributed by atoms with van der Waals surface area (Å²) >= 11 is 0. The Morgan fingerprint density at radius 2 is 1.72 bits per heavy atom. The van der Waals surface area contributed by atoms with E-state index in [0.717, 1.165) is 46.7 Å². The van der Waals surface area contributed by atoms with E-state index in [0.29, 0.717) is 19.0 Å². The highest BCUT2D eigenvalue weighted by atomic mass is 16.6. The molecule has 0 saturated heterocycles. The molecule has 3 aromatic carbocycles. The van der Waals surface area contributed by atoms with Crippen LogP contribution in [-0.2, 0) is 22.5 Å². The largest absolute Gasteiger partial charge is 0.482 e. The quantitative estimate of drug-likeness (QED) is 0.270. The van der Waals surface area contributed by atoms with Crippen molar-refractivity contribution >= 4 is 5.97 Å². The number of rotatable bonds is 9. The van der Waals surface area contributed by atoms with Gasteiger partial charge in [0.25, 0.3) is 0 Å². The molecule has 6 nitrogen and oxygen atoms in total. The summed E-state index contributed by atoms with van der Waals surface area (Å²) in [7, 11) is 2.10. The van der Waals surface area contributed by atoms with E-state index in [2.05, 4.69) is 30.1 Å². The second-order valence-electron chi connectivity index (χ2n) is 8.90. The number of carbonyl (C=O) groups excluding carboxylic acids is 1. The Hall–Kier alpha value is -3.90. The number of carbonyl (C=O) groups is 1. The van der Waals surface area contributed by atoms with Gasteiger partial charge in [-0.3, -0.25) is 4.90 Å². The molecule has 0 amide bonds. The maximum atomic E-state index is 11.8. The van der Waals surface area contributed by atoms with Gasteiger partial charge in [0.2, 0.25) is 5.89 Å². The summed E-state index contributed by atoms with van der Waals surface area (Å²) < 4.78 is 17.2. The minimum atomic E-state index is -0.353. The molecule has 1 aliphatic rings. The molecule has 0 saturated carbocycles. The average Bonchev–Trinajstić information content (AvgIpc) is 3.54. The van der Waals surface area contributed by atoms with Crippen LogP contribution in [0.4, 0.5) is 0 Å². The molecule has 4 aromatic rings. The molecule has 0 spiro atoms. The Morgan fingerprint density at radius 3 is 2.44 bits per heavy atom. The molecule has 0 N–H and O–H groups in total. The number of esters is 1. The monoisotopic (exact) mass is 482 g/mol. The van der Waals surface area contributed by atoms with Crippen molar-refractivity contribution in [1.82, 2.24) is 9.88 Å². The van der Waals surface area contributed by atoms with Crippen molar-refractivity contribution in [2.75, 3.05) is 20.3 Å². The van der Waals surface area contributed by atoms with Gasteiger partial charge in [-0.2, -0.15) is 0 Å². The SMILES string of the molecule is CCOC(=O)COc1cccc2c1CCC2N(C)Cc1nc(-c2ccccc2)c(-c2ccccc2)o1. The zero-order valence-corrected chi connectivity index (χ0v) is 20.6. The van der Waals surface area contributed by atoms with Crippen molar-refractivity contribution in [3.63, 3.8) is 0 Å². The molecule has 0 fully saturated rings. The topological polar surface area (TPSA) is 64.8 Å². The molecule has 6 heteroatoms. The molecular formula is C30H30N2O4. The molecule has 1 aromatic heterocycles. The van der Waals surface area contributed by atoms with Gasteiger partial charge < -0.3 is 13.9 Å². The second kappa shape index (κ2) is 10.8. The standard InChI is InChI=1S/C30H30N2O4/c1-3-34-28(33)20-35-26-16-10-15-23-24(26)17-18-25(23)32(2)19-27-31-29(21-11-6-4-7-12-21)30(36-27)22-13-8-5-9-14-22/h4-16,25H,3,17-20H2,1-2H3. The number of aromatic nitrogens is 1. The molecule has 0 aliphatic heterocycles. The summed E-state index contributed by atoms with van der Waals surface area (Å²) in [6, 6.07) is 26.5. The van der Waals surface area contributed by atoms with E-state index >= 15 is 0 Å². The van der Waals surface area contributed by atoms with Gasteiger partial charge in [0.05, 0.1) is 13.2 Å². The molecule has 36 heavy (non-hydrogen) atoms. The predicted molar refractivity (Wildman–Crippen MR) is 138 cm³/mol. The second-order valence-corrected chi connectivity index (χ2v) is 8.90. The minimum Gasteiger partial charge on any atom is -0.482 e. The van der Waals surface area contributed by atoms with Crippen LogP contribution in [0.5, 0.6) is 5.75 Å². The number of fused-ring (bicyclic) bond motifs is 1. The number of ether oxygens (including phenoxy) is 2. The first-order valence-corrected chi connectivity index (χ1v) is 12.3. The van der Waals surface area contributed by atoms with Crippen LogP contribution in [0.25, 0.3) is 22.6 Å². The Morgan fingerprint density at radius 1 is 1.00 bits per heavy atom. The lowest BCUT2D eigenvalue weighted by atomic mass is 10.1. The Kier molecular flexibility index (Phi) is 7.14. The van der Waals surface area contributed by atoms with E-state index in [4.69, 9.17) is 18.9 Å². The fourth-order valence-corrected chi connectivity index (χ4v) is 4.86. The molecule has 184 valence electrons. The Labute approximate surface area is 211 Å². The van der Waals surface area contributed by atoms with E-state index in [-0.39, 0.29) is 18.6 Å². The van der Waals surface area contributed by atoms with Crippen LogP contribution in [0.15, 0.2) is 83.3 Å². The summed E-state index contributed by atoms with van der Waals surface area (Å²) in [5.74, 6) is 1.87. The van der Waals surface area contributed by atoms with Crippen molar-refractivity contribution in [3.8, 4) is 28.3 Å². The predicted octanol–water partition coefficient (Wildman–Crippen LogP) is 6.07. The van der Waals surface area contributed by atoms with E-state index in [1.807, 2.05) is 60.7 Å². The van der Waals surface area contributed by atoms with E-state index < -0.39 is 0 Å². The zero-order chi connectivity index (χ0) is 24.9. The lowest BCUT2D eigenvalue weighted by Crippen LogP contribution is -2.22. The van der Waals surface area contributed by atoms with Crippen molar-refractivity contribution in [1.29, 1.82) is 0 Å². The van der Waals surface area contributed by atoms with Gasteiger partial charge in [-0.25, -0.2) is 9.78 Å². The molecular weight excluding hydrogens is 452 g/mol. The minimum absolute atomic E-state index is 0.0777. The first kappa shape index (κ1) is 23.8. The smallest absolute Gasteiger partial charge is 0.344 e. The van der Waals surface area contributed by atoms with Crippen LogP contribution in [0.1, 0.15) is 36.4 Å². The van der Waals surface area contributed by atoms with Crippen LogP contribution in [0.3, 0.4) is 0 Å². The van der Waals surface area contributed by atoms with Gasteiger partial charge in [0, 0.05) is 17.2 Å². The van der Waals surface area contributed by atoms with Crippen molar-refractivity contribution in [2.24, 2.45) is 0 Å². The van der Waals surface area contributed by atoms with Crippen LogP contribution in [0, 0.1) is 0 Å². The fraction of sp³-hybridized carbons (Fsp3) is 0.267. The molecule has 0 radical (unpaired) electrons. The molecule has 0 bridgehead atoms. The van der Waals surface area contributed by atoms with E-state index in [1.165, 1.54) is 5.56 Å². The third-order valence-corrected chi connectivity index (χ3v) is 6.52. The lowest BCUT2D eigenvalue weighted by molar-refractivity contribution is -0.145. The first-order valence-electron chi connectivity index (χ1n) is 12.3. The van der Waals surface area contributed by atoms with Crippen LogP contribution in [0.2, 0.25) is 0 Å². The Balaban J connectivity index is 1.37. The third kappa shape index (κ3) is 5.04. The molecule has 1 heterocycles. The van der Waals surface area contributed by atoms with Crippen molar-refractivity contribution < 1.29 is 18.7 Å². The van der Waals surface area contributed by atoms with Crippen LogP contribution in [-0.4, -0.2) is 36.1 Å². The first-order chi connectivity index (χ1) is 17.6. The maximum Gasteiger partial charge on any atom is 0.344 e. The number of hydrogen-bond acceptors (Lipinski definition) is 6. The van der Waals surface area contributed by atoms with Crippen LogP contribution < -0.4 is 4.74 Å². The van der Waals surface area contributed by atoms with E-state index in [9.17, 15) is 4.79 Å². The molecule has 1 aliphatic carbocycles. The van der Waals surface area contributed by atoms with Crippen LogP contribution >= 0.6 is 0 Å². The van der Waals surface area contributed by atoms with Gasteiger partial charge in [0.1, 0.15) is 11.4 Å². The van der Waals surface area contributed by atoms with Gasteiger partial charge in [0.15, 0.2) is 12.4 Å². The molecule has 1 unspecified atom stereocenters. The van der Waals surface area contributed by atoms with Gasteiger partial charge in [-0.15, -0.1) is 0 Å². The fourth-order valence-electron chi connectivity index (χ4n) is 4.86. The van der Waals surface area contributed by atoms with E-state index in [1.54, 1.807) is 6.92 Å². The summed E-state index contributed by atoms with van der Waals surface area (Å²) in [5.41, 5.74) is 5.26. The van der Waals surface area contributed by atoms with Crippen molar-refractivity contribution in [3.05, 3.63) is 95.9 Å². The number of hydrogen-bond donors (Lipinski definition) is 0. The highest BCUT2D eigenvalue weighted by molar-refractivity contribution is 5.76. The Bertz CT molecular complexity index is 1260. The van der Waals surface area contributed by atoms with Gasteiger partial charge >= 0.3 is 5.97 Å². The summed E-state index contributed by atoms with van der Waals surface area (Å²) in [5, 5.41) is 0. The number of nitrogens with zero attached hydrogens (tertiary/aromatic N) is 2. The van der Waals surface area contributed by atoms with Gasteiger partial charge in [-0.1, -0.05) is 72.8 Å². The highest BCUT2D eigenvalue weighted by Crippen LogP contribution is 2.41. The zero-order valence-electron chi connectivity index (χ0n) is 20.6.